The first-order chi connectivity index (χ1) is 14.9. The Labute approximate surface area is 177 Å². The first-order valence-corrected chi connectivity index (χ1v) is 9.81. The van der Waals surface area contributed by atoms with Crippen molar-refractivity contribution in [2.45, 2.75) is 51.4 Å². The lowest BCUT2D eigenvalue weighted by Gasteiger charge is -2.25. The van der Waals surface area contributed by atoms with Gasteiger partial charge >= 0.3 is 0 Å². The Kier molecular flexibility index (Phi) is 7.28. The monoisotopic (exact) mass is 436 g/mol. The van der Waals surface area contributed by atoms with Crippen LogP contribution in [-0.4, -0.2) is 62.3 Å². The Bertz CT molecular complexity index is 944. The molecule has 2 unspecified atom stereocenters. The van der Waals surface area contributed by atoms with Crippen LogP contribution in [0.1, 0.15) is 24.8 Å². The number of carbonyl (C=O) groups is 1. The van der Waals surface area contributed by atoms with Crippen LogP contribution in [0.5, 0.6) is 0 Å². The number of alkyl halides is 3. The van der Waals surface area contributed by atoms with E-state index < -0.39 is 19.1 Å². The summed E-state index contributed by atoms with van der Waals surface area (Å²) in [6.45, 7) is 1.61. The molecule has 1 aliphatic heterocycles. The van der Waals surface area contributed by atoms with E-state index in [9.17, 15) is 18.0 Å². The molecule has 166 valence electrons. The Morgan fingerprint density at radius 1 is 1.42 bits per heavy atom. The van der Waals surface area contributed by atoms with Crippen molar-refractivity contribution >= 4 is 23.4 Å². The summed E-state index contributed by atoms with van der Waals surface area (Å²) in [5.41, 5.74) is 1.21. The molecule has 2 aromatic heterocycles. The molecule has 12 heteroatoms. The predicted octanol–water partition coefficient (Wildman–Crippen LogP) is 2.64. The molecule has 2 atom stereocenters. The SMILES string of the molecule is Cc1cnc(Nc2cnn(CC(F)F)c2)nc1NCC1CC(F)CN1C(=O)CCC#N. The molecule has 0 aliphatic carbocycles. The van der Waals surface area contributed by atoms with Crippen molar-refractivity contribution in [1.29, 1.82) is 5.26 Å². The number of halogens is 3. The fraction of sp³-hybridized carbons (Fsp3) is 0.526. The van der Waals surface area contributed by atoms with Crippen molar-refractivity contribution in [3.05, 3.63) is 24.2 Å². The zero-order chi connectivity index (χ0) is 22.4. The van der Waals surface area contributed by atoms with Crippen molar-refractivity contribution in [1.82, 2.24) is 24.6 Å². The van der Waals surface area contributed by atoms with Gasteiger partial charge in [-0.1, -0.05) is 0 Å². The summed E-state index contributed by atoms with van der Waals surface area (Å²) in [4.78, 5) is 22.3. The van der Waals surface area contributed by atoms with Gasteiger partial charge in [-0.15, -0.1) is 0 Å². The molecular formula is C19H23F3N8O. The molecule has 2 N–H and O–H groups in total. The number of amides is 1. The van der Waals surface area contributed by atoms with Gasteiger partial charge < -0.3 is 15.5 Å². The number of hydrogen-bond donors (Lipinski definition) is 2. The summed E-state index contributed by atoms with van der Waals surface area (Å²) in [7, 11) is 0. The first kappa shape index (κ1) is 22.3. The second-order valence-corrected chi connectivity index (χ2v) is 7.26. The van der Waals surface area contributed by atoms with E-state index in [1.807, 2.05) is 6.07 Å². The molecule has 31 heavy (non-hydrogen) atoms. The van der Waals surface area contributed by atoms with Gasteiger partial charge in [0.1, 0.15) is 18.5 Å². The second kappa shape index (κ2) is 10.1. The van der Waals surface area contributed by atoms with Crippen LogP contribution in [0.25, 0.3) is 0 Å². The number of rotatable bonds is 9. The molecule has 0 bridgehead atoms. The van der Waals surface area contributed by atoms with E-state index in [2.05, 4.69) is 25.7 Å². The summed E-state index contributed by atoms with van der Waals surface area (Å²) in [5, 5.41) is 18.6. The Hall–Kier alpha value is -3.36. The van der Waals surface area contributed by atoms with Crippen molar-refractivity contribution in [2.24, 2.45) is 0 Å². The molecular weight excluding hydrogens is 413 g/mol. The number of aryl methyl sites for hydroxylation is 1. The van der Waals surface area contributed by atoms with E-state index in [1.165, 1.54) is 17.3 Å². The van der Waals surface area contributed by atoms with Gasteiger partial charge in [-0.3, -0.25) is 9.48 Å². The summed E-state index contributed by atoms with van der Waals surface area (Å²) in [5.74, 6) is 0.502. The van der Waals surface area contributed by atoms with Crippen molar-refractivity contribution in [3.8, 4) is 6.07 Å². The molecule has 0 radical (unpaired) electrons. The van der Waals surface area contributed by atoms with Crippen LogP contribution in [0.2, 0.25) is 0 Å². The molecule has 1 aliphatic rings. The second-order valence-electron chi connectivity index (χ2n) is 7.26. The number of anilines is 3. The lowest BCUT2D eigenvalue weighted by Crippen LogP contribution is -2.39. The average Bonchev–Trinajstić information content (AvgIpc) is 3.31. The Morgan fingerprint density at radius 3 is 2.97 bits per heavy atom. The summed E-state index contributed by atoms with van der Waals surface area (Å²) < 4.78 is 39.9. The molecule has 0 aromatic carbocycles. The Balaban J connectivity index is 1.63. The van der Waals surface area contributed by atoms with Gasteiger partial charge in [0, 0.05) is 43.8 Å². The van der Waals surface area contributed by atoms with E-state index in [-0.39, 0.29) is 43.7 Å². The van der Waals surface area contributed by atoms with Gasteiger partial charge in [-0.25, -0.2) is 18.2 Å². The number of nitrogens with one attached hydrogen (secondary N) is 2. The number of nitriles is 1. The fourth-order valence-corrected chi connectivity index (χ4v) is 3.36. The number of carbonyl (C=O) groups excluding carboxylic acids is 1. The molecule has 3 rings (SSSR count). The van der Waals surface area contributed by atoms with E-state index in [0.29, 0.717) is 18.1 Å². The van der Waals surface area contributed by atoms with Gasteiger partial charge in [0.15, 0.2) is 0 Å². The maximum absolute atomic E-state index is 13.9. The molecule has 1 amide bonds. The van der Waals surface area contributed by atoms with E-state index in [4.69, 9.17) is 5.26 Å². The highest BCUT2D eigenvalue weighted by Gasteiger charge is 2.34. The number of nitrogens with zero attached hydrogens (tertiary/aromatic N) is 6. The minimum Gasteiger partial charge on any atom is -0.368 e. The van der Waals surface area contributed by atoms with Crippen molar-refractivity contribution in [2.75, 3.05) is 23.7 Å². The molecule has 9 nitrogen and oxygen atoms in total. The highest BCUT2D eigenvalue weighted by atomic mass is 19.3. The van der Waals surface area contributed by atoms with E-state index in [0.717, 1.165) is 10.2 Å². The maximum Gasteiger partial charge on any atom is 0.257 e. The molecule has 1 saturated heterocycles. The van der Waals surface area contributed by atoms with Crippen LogP contribution in [-0.2, 0) is 11.3 Å². The maximum atomic E-state index is 13.9. The van der Waals surface area contributed by atoms with Crippen LogP contribution >= 0.6 is 0 Å². The highest BCUT2D eigenvalue weighted by molar-refractivity contribution is 5.77. The fourth-order valence-electron chi connectivity index (χ4n) is 3.36. The van der Waals surface area contributed by atoms with Crippen LogP contribution < -0.4 is 10.6 Å². The number of hydrogen-bond acceptors (Lipinski definition) is 7. The first-order valence-electron chi connectivity index (χ1n) is 9.81. The lowest BCUT2D eigenvalue weighted by atomic mass is 10.2. The topological polar surface area (TPSA) is 112 Å². The average molecular weight is 436 g/mol. The smallest absolute Gasteiger partial charge is 0.257 e. The third kappa shape index (κ3) is 6.07. The van der Waals surface area contributed by atoms with Crippen molar-refractivity contribution < 1.29 is 18.0 Å². The van der Waals surface area contributed by atoms with Crippen LogP contribution in [0.15, 0.2) is 18.6 Å². The molecule has 2 aromatic rings. The normalized spacial score (nSPS) is 18.3. The molecule has 0 spiro atoms. The lowest BCUT2D eigenvalue weighted by molar-refractivity contribution is -0.131. The quantitative estimate of drug-likeness (QED) is 0.622. The summed E-state index contributed by atoms with van der Waals surface area (Å²) in [6, 6.07) is 1.58. The summed E-state index contributed by atoms with van der Waals surface area (Å²) >= 11 is 0. The van der Waals surface area contributed by atoms with Gasteiger partial charge in [-0.05, 0) is 6.92 Å². The van der Waals surface area contributed by atoms with E-state index in [1.54, 1.807) is 13.1 Å². The number of likely N-dealkylation sites (tertiary alicyclic amines) is 1. The van der Waals surface area contributed by atoms with Gasteiger partial charge in [0.2, 0.25) is 11.9 Å². The highest BCUT2D eigenvalue weighted by Crippen LogP contribution is 2.23. The number of aromatic nitrogens is 4. The van der Waals surface area contributed by atoms with Gasteiger partial charge in [0.25, 0.3) is 6.43 Å². The standard InChI is InChI=1S/C19H23F3N8O/c1-12-6-25-19(27-14-7-26-29(10-14)11-16(21)22)28-18(12)24-8-15-5-13(20)9-30(15)17(31)3-2-4-23/h6-7,10,13,15-16H,2-3,5,8-9,11H2,1H3,(H2,24,25,27,28). The zero-order valence-corrected chi connectivity index (χ0v) is 16.9. The van der Waals surface area contributed by atoms with E-state index >= 15 is 0 Å². The van der Waals surface area contributed by atoms with Gasteiger partial charge in [-0.2, -0.15) is 15.3 Å². The minimum absolute atomic E-state index is 0.0226. The van der Waals surface area contributed by atoms with Crippen molar-refractivity contribution in [3.63, 3.8) is 0 Å². The largest absolute Gasteiger partial charge is 0.368 e. The third-order valence-electron chi connectivity index (χ3n) is 4.83. The third-order valence-corrected chi connectivity index (χ3v) is 4.83. The predicted molar refractivity (Wildman–Crippen MR) is 107 cm³/mol. The molecule has 3 heterocycles. The van der Waals surface area contributed by atoms with Crippen LogP contribution in [0.3, 0.4) is 0 Å². The molecule has 0 saturated carbocycles. The molecule has 1 fully saturated rings. The van der Waals surface area contributed by atoms with Crippen LogP contribution in [0, 0.1) is 18.3 Å². The van der Waals surface area contributed by atoms with Gasteiger partial charge in [0.05, 0.1) is 30.5 Å². The van der Waals surface area contributed by atoms with Crippen LogP contribution in [0.4, 0.5) is 30.6 Å². The zero-order valence-electron chi connectivity index (χ0n) is 16.9. The summed E-state index contributed by atoms with van der Waals surface area (Å²) in [6.07, 6.45) is 1.17. The Morgan fingerprint density at radius 2 is 2.23 bits per heavy atom. The minimum atomic E-state index is -2.51.